The molecule has 0 saturated carbocycles. The first-order chi connectivity index (χ1) is 11.9. The summed E-state index contributed by atoms with van der Waals surface area (Å²) in [6, 6.07) is 6.85. The largest absolute Gasteiger partial charge is 0.449 e. The van der Waals surface area contributed by atoms with Crippen LogP contribution in [0.5, 0.6) is 0 Å². The second-order valence-electron chi connectivity index (χ2n) is 6.51. The number of amides is 3. The highest BCUT2D eigenvalue weighted by molar-refractivity contribution is 5.97. The molecular weight excluding hydrogens is 322 g/mol. The number of nitrogens with one attached hydrogen (secondary N) is 1. The van der Waals surface area contributed by atoms with E-state index in [2.05, 4.69) is 5.32 Å². The van der Waals surface area contributed by atoms with Crippen molar-refractivity contribution in [1.82, 2.24) is 9.80 Å². The van der Waals surface area contributed by atoms with E-state index in [1.54, 1.807) is 34.1 Å². The zero-order chi connectivity index (χ0) is 18.4. The van der Waals surface area contributed by atoms with Crippen LogP contribution in [-0.2, 0) is 9.53 Å². The summed E-state index contributed by atoms with van der Waals surface area (Å²) in [7, 11) is 0. The Morgan fingerprint density at radius 3 is 2.36 bits per heavy atom. The highest BCUT2D eigenvalue weighted by atomic mass is 16.6. The summed E-state index contributed by atoms with van der Waals surface area (Å²) in [4.78, 5) is 39.0. The monoisotopic (exact) mass is 347 g/mol. The van der Waals surface area contributed by atoms with E-state index in [1.807, 2.05) is 13.8 Å². The Labute approximate surface area is 147 Å². The number of carbonyl (C=O) groups is 3. The Morgan fingerprint density at radius 1 is 1.12 bits per heavy atom. The number of hydrogen-bond donors (Lipinski definition) is 1. The van der Waals surface area contributed by atoms with Crippen LogP contribution < -0.4 is 5.32 Å². The first-order valence-electron chi connectivity index (χ1n) is 8.45. The molecule has 1 fully saturated rings. The Morgan fingerprint density at radius 2 is 1.76 bits per heavy atom. The van der Waals surface area contributed by atoms with Gasteiger partial charge in [0.25, 0.3) is 5.91 Å². The van der Waals surface area contributed by atoms with E-state index < -0.39 is 0 Å². The number of ether oxygens (including phenoxy) is 1. The fourth-order valence-corrected chi connectivity index (χ4v) is 2.54. The molecule has 1 heterocycles. The van der Waals surface area contributed by atoms with Crippen LogP contribution in [0.1, 0.15) is 31.1 Å². The fraction of sp³-hybridized carbons (Fsp3) is 0.500. The van der Waals surface area contributed by atoms with Gasteiger partial charge in [0.1, 0.15) is 0 Å². The third kappa shape index (κ3) is 5.48. The number of anilines is 1. The van der Waals surface area contributed by atoms with E-state index in [0.29, 0.717) is 50.0 Å². The van der Waals surface area contributed by atoms with Crippen LogP contribution in [0.3, 0.4) is 0 Å². The molecule has 0 atom stereocenters. The Hall–Kier alpha value is -2.57. The minimum atomic E-state index is -0.326. The van der Waals surface area contributed by atoms with Crippen LogP contribution in [0.2, 0.25) is 0 Å². The molecule has 2 rings (SSSR count). The van der Waals surface area contributed by atoms with Gasteiger partial charge in [-0.2, -0.15) is 0 Å². The first-order valence-corrected chi connectivity index (χ1v) is 8.45. The van der Waals surface area contributed by atoms with Crippen molar-refractivity contribution in [3.05, 3.63) is 29.8 Å². The van der Waals surface area contributed by atoms with Gasteiger partial charge in [0, 0.05) is 44.4 Å². The zero-order valence-electron chi connectivity index (χ0n) is 14.9. The van der Waals surface area contributed by atoms with Gasteiger partial charge in [0.2, 0.25) is 5.91 Å². The van der Waals surface area contributed by atoms with Crippen molar-refractivity contribution in [2.75, 3.05) is 38.1 Å². The lowest BCUT2D eigenvalue weighted by molar-refractivity contribution is -0.114. The van der Waals surface area contributed by atoms with Gasteiger partial charge in [0.05, 0.1) is 6.61 Å². The molecule has 25 heavy (non-hydrogen) atoms. The van der Waals surface area contributed by atoms with Gasteiger partial charge >= 0.3 is 6.09 Å². The number of carbonyl (C=O) groups excluding carboxylic acids is 3. The van der Waals surface area contributed by atoms with E-state index in [1.165, 1.54) is 6.92 Å². The average molecular weight is 347 g/mol. The van der Waals surface area contributed by atoms with E-state index in [9.17, 15) is 14.4 Å². The average Bonchev–Trinajstić information content (AvgIpc) is 2.59. The SMILES string of the molecule is CC(=O)Nc1cccc(C(=O)N2CCN(C(=O)OCC(C)C)CC2)c1. The number of piperazine rings is 1. The van der Waals surface area contributed by atoms with Crippen molar-refractivity contribution in [3.63, 3.8) is 0 Å². The number of rotatable bonds is 4. The highest BCUT2D eigenvalue weighted by Crippen LogP contribution is 2.14. The van der Waals surface area contributed by atoms with Crippen molar-refractivity contribution >= 4 is 23.6 Å². The van der Waals surface area contributed by atoms with Crippen LogP contribution in [0.25, 0.3) is 0 Å². The summed E-state index contributed by atoms with van der Waals surface area (Å²) in [6.07, 6.45) is -0.326. The molecule has 0 radical (unpaired) electrons. The molecule has 1 N–H and O–H groups in total. The van der Waals surface area contributed by atoms with E-state index in [0.717, 1.165) is 0 Å². The normalized spacial score (nSPS) is 14.4. The van der Waals surface area contributed by atoms with Crippen LogP contribution in [0, 0.1) is 5.92 Å². The van der Waals surface area contributed by atoms with Crippen molar-refractivity contribution < 1.29 is 19.1 Å². The van der Waals surface area contributed by atoms with Crippen molar-refractivity contribution in [2.45, 2.75) is 20.8 Å². The standard InChI is InChI=1S/C18H25N3O4/c1-13(2)12-25-18(24)21-9-7-20(8-10-21)17(23)15-5-4-6-16(11-15)19-14(3)22/h4-6,11,13H,7-10,12H2,1-3H3,(H,19,22). The molecule has 136 valence electrons. The fourth-order valence-electron chi connectivity index (χ4n) is 2.54. The minimum absolute atomic E-state index is 0.109. The van der Waals surface area contributed by atoms with E-state index >= 15 is 0 Å². The molecule has 1 aliphatic heterocycles. The van der Waals surface area contributed by atoms with Crippen molar-refractivity contribution in [1.29, 1.82) is 0 Å². The van der Waals surface area contributed by atoms with Crippen LogP contribution in [-0.4, -0.2) is 60.5 Å². The quantitative estimate of drug-likeness (QED) is 0.905. The Bertz CT molecular complexity index is 637. The minimum Gasteiger partial charge on any atom is -0.449 e. The first kappa shape index (κ1) is 18.8. The second kappa shape index (κ2) is 8.50. The van der Waals surface area contributed by atoms with E-state index in [4.69, 9.17) is 4.74 Å². The number of hydrogen-bond acceptors (Lipinski definition) is 4. The maximum absolute atomic E-state index is 12.6. The van der Waals surface area contributed by atoms with Crippen LogP contribution in [0.15, 0.2) is 24.3 Å². The van der Waals surface area contributed by atoms with Gasteiger partial charge in [-0.25, -0.2) is 4.79 Å². The molecule has 0 unspecified atom stereocenters. The van der Waals surface area contributed by atoms with Gasteiger partial charge in [-0.3, -0.25) is 9.59 Å². The molecule has 3 amide bonds. The maximum atomic E-state index is 12.6. The van der Waals surface area contributed by atoms with Gasteiger partial charge in [-0.1, -0.05) is 19.9 Å². The number of nitrogens with zero attached hydrogens (tertiary/aromatic N) is 2. The van der Waals surface area contributed by atoms with Crippen molar-refractivity contribution in [2.24, 2.45) is 5.92 Å². The molecule has 0 aromatic heterocycles. The lowest BCUT2D eigenvalue weighted by Crippen LogP contribution is -2.50. The van der Waals surface area contributed by atoms with Crippen LogP contribution >= 0.6 is 0 Å². The van der Waals surface area contributed by atoms with Gasteiger partial charge < -0.3 is 19.9 Å². The summed E-state index contributed by atoms with van der Waals surface area (Å²) in [6.45, 7) is 7.61. The third-order valence-electron chi connectivity index (χ3n) is 3.80. The molecule has 7 heteroatoms. The molecule has 1 saturated heterocycles. The topological polar surface area (TPSA) is 79.0 Å². The van der Waals surface area contributed by atoms with Crippen molar-refractivity contribution in [3.8, 4) is 0 Å². The zero-order valence-corrected chi connectivity index (χ0v) is 14.9. The second-order valence-corrected chi connectivity index (χ2v) is 6.51. The summed E-state index contributed by atoms with van der Waals surface area (Å²) in [5, 5.41) is 2.67. The highest BCUT2D eigenvalue weighted by Gasteiger charge is 2.25. The lowest BCUT2D eigenvalue weighted by atomic mass is 10.1. The van der Waals surface area contributed by atoms with Gasteiger partial charge in [0.15, 0.2) is 0 Å². The summed E-state index contributed by atoms with van der Waals surface area (Å²) in [5.74, 6) is 0.00299. The van der Waals surface area contributed by atoms with Gasteiger partial charge in [-0.15, -0.1) is 0 Å². The summed E-state index contributed by atoms with van der Waals surface area (Å²) >= 11 is 0. The predicted octanol–water partition coefficient (Wildman–Crippen LogP) is 2.20. The molecule has 1 aromatic rings. The lowest BCUT2D eigenvalue weighted by Gasteiger charge is -2.34. The Balaban J connectivity index is 1.91. The molecule has 0 spiro atoms. The molecule has 1 aliphatic rings. The third-order valence-corrected chi connectivity index (χ3v) is 3.80. The van der Waals surface area contributed by atoms with Crippen LogP contribution in [0.4, 0.5) is 10.5 Å². The smallest absolute Gasteiger partial charge is 0.409 e. The molecule has 0 bridgehead atoms. The Kier molecular flexibility index (Phi) is 6.38. The van der Waals surface area contributed by atoms with Gasteiger partial charge in [-0.05, 0) is 24.1 Å². The summed E-state index contributed by atoms with van der Waals surface area (Å²) < 4.78 is 5.22. The molecule has 1 aromatic carbocycles. The maximum Gasteiger partial charge on any atom is 0.409 e. The molecular formula is C18H25N3O4. The molecule has 0 aliphatic carbocycles. The summed E-state index contributed by atoms with van der Waals surface area (Å²) in [5.41, 5.74) is 1.11. The number of benzene rings is 1. The predicted molar refractivity (Wildman–Crippen MR) is 94.4 cm³/mol. The molecule has 7 nitrogen and oxygen atoms in total. The van der Waals surface area contributed by atoms with E-state index in [-0.39, 0.29) is 17.9 Å².